The molecule has 0 spiro atoms. The van der Waals surface area contributed by atoms with Crippen LogP contribution in [0.25, 0.3) is 0 Å². The molecule has 0 aromatic heterocycles. The molecule has 0 aliphatic heterocycles. The zero-order valence-corrected chi connectivity index (χ0v) is 20.6. The molecule has 0 atom stereocenters. The Morgan fingerprint density at radius 1 is 0.581 bits per heavy atom. The number of rotatable bonds is 22. The maximum atomic E-state index is 11.7. The summed E-state index contributed by atoms with van der Waals surface area (Å²) in [6.07, 6.45) is 26.7. The lowest BCUT2D eigenvalue weighted by Crippen LogP contribution is -2.14. The van der Waals surface area contributed by atoms with Gasteiger partial charge in [-0.1, -0.05) is 109 Å². The molecule has 0 amide bonds. The van der Waals surface area contributed by atoms with E-state index in [0.29, 0.717) is 13.0 Å². The van der Waals surface area contributed by atoms with E-state index in [-0.39, 0.29) is 0 Å². The van der Waals surface area contributed by atoms with Gasteiger partial charge in [0.2, 0.25) is 0 Å². The number of ether oxygens (including phenoxy) is 2. The number of hydrogen-bond donors (Lipinski definition) is 0. The lowest BCUT2D eigenvalue weighted by atomic mass is 10.1. The van der Waals surface area contributed by atoms with E-state index in [0.717, 1.165) is 38.5 Å². The number of esters is 1. The molecule has 0 saturated carbocycles. The number of hydrogen-bond acceptors (Lipinski definition) is 4. The van der Waals surface area contributed by atoms with Crippen molar-refractivity contribution in [2.75, 3.05) is 6.61 Å². The highest BCUT2D eigenvalue weighted by atomic mass is 16.7. The summed E-state index contributed by atoms with van der Waals surface area (Å²) in [7, 11) is 0. The summed E-state index contributed by atoms with van der Waals surface area (Å²) in [6, 6.07) is 0. The first-order valence-electron chi connectivity index (χ1n) is 13.2. The zero-order valence-electron chi connectivity index (χ0n) is 20.6. The number of carbonyl (C=O) groups excluding carboxylic acids is 2. The summed E-state index contributed by atoms with van der Waals surface area (Å²) in [5.74, 6) is -0.467. The van der Waals surface area contributed by atoms with Crippen LogP contribution in [0.15, 0.2) is 12.2 Å². The van der Waals surface area contributed by atoms with E-state index in [2.05, 4.69) is 26.0 Å². The van der Waals surface area contributed by atoms with Crippen LogP contribution in [0.2, 0.25) is 0 Å². The molecular formula is C27H50O4. The van der Waals surface area contributed by atoms with E-state index >= 15 is 0 Å². The number of unbranched alkanes of at least 4 members (excludes halogenated alkanes) is 16. The highest BCUT2D eigenvalue weighted by Gasteiger charge is 2.11. The third-order valence-corrected chi connectivity index (χ3v) is 5.56. The molecule has 0 aliphatic rings. The van der Waals surface area contributed by atoms with Gasteiger partial charge in [0.15, 0.2) is 0 Å². The predicted molar refractivity (Wildman–Crippen MR) is 130 cm³/mol. The largest absolute Gasteiger partial charge is 0.516 e. The first kappa shape index (κ1) is 29.7. The van der Waals surface area contributed by atoms with Gasteiger partial charge in [-0.3, -0.25) is 4.79 Å². The van der Waals surface area contributed by atoms with Gasteiger partial charge in [-0.15, -0.1) is 0 Å². The first-order valence-corrected chi connectivity index (χ1v) is 13.2. The van der Waals surface area contributed by atoms with Crippen LogP contribution in [0.3, 0.4) is 0 Å². The van der Waals surface area contributed by atoms with E-state index in [1.165, 1.54) is 83.5 Å². The van der Waals surface area contributed by atoms with E-state index in [4.69, 9.17) is 9.47 Å². The van der Waals surface area contributed by atoms with Crippen molar-refractivity contribution in [1.29, 1.82) is 0 Å². The fourth-order valence-electron chi connectivity index (χ4n) is 3.55. The van der Waals surface area contributed by atoms with Crippen molar-refractivity contribution in [3.8, 4) is 0 Å². The monoisotopic (exact) mass is 438 g/mol. The fourth-order valence-corrected chi connectivity index (χ4v) is 3.55. The maximum absolute atomic E-state index is 11.7. The molecule has 31 heavy (non-hydrogen) atoms. The molecule has 0 rings (SSSR count). The van der Waals surface area contributed by atoms with Crippen LogP contribution in [-0.4, -0.2) is 18.7 Å². The molecule has 0 aromatic carbocycles. The molecule has 0 N–H and O–H groups in total. The third-order valence-electron chi connectivity index (χ3n) is 5.56. The van der Waals surface area contributed by atoms with Gasteiger partial charge in [-0.25, -0.2) is 4.79 Å². The molecule has 0 aliphatic carbocycles. The maximum Gasteiger partial charge on any atom is 0.516 e. The zero-order chi connectivity index (χ0) is 22.8. The summed E-state index contributed by atoms with van der Waals surface area (Å²) in [5.41, 5.74) is 0. The average molecular weight is 439 g/mol. The summed E-state index contributed by atoms with van der Waals surface area (Å²) in [4.78, 5) is 23.1. The summed E-state index contributed by atoms with van der Waals surface area (Å²) in [6.45, 7) is 4.78. The van der Waals surface area contributed by atoms with Gasteiger partial charge in [-0.05, 0) is 38.5 Å². The molecule has 0 aromatic rings. The molecule has 182 valence electrons. The van der Waals surface area contributed by atoms with Gasteiger partial charge in [0.25, 0.3) is 0 Å². The normalized spacial score (nSPS) is 11.2. The van der Waals surface area contributed by atoms with Crippen LogP contribution in [0, 0.1) is 0 Å². The second kappa shape index (κ2) is 24.9. The van der Waals surface area contributed by atoms with E-state index in [9.17, 15) is 9.59 Å². The summed E-state index contributed by atoms with van der Waals surface area (Å²) in [5, 5.41) is 0. The van der Waals surface area contributed by atoms with Gasteiger partial charge in [0.05, 0.1) is 6.61 Å². The Morgan fingerprint density at radius 2 is 1.03 bits per heavy atom. The van der Waals surface area contributed by atoms with Crippen LogP contribution in [0.4, 0.5) is 4.79 Å². The lowest BCUT2D eigenvalue weighted by molar-refractivity contribution is -0.139. The standard InChI is InChI=1S/C27H50O4/c1-3-5-7-9-11-12-13-14-15-16-17-18-19-20-22-24-26(28)31-27(29)30-25-23-21-10-8-6-4-2/h14-15H,3-13,16-25H2,1-2H3. The fraction of sp³-hybridized carbons (Fsp3) is 0.852. The molecular weight excluding hydrogens is 388 g/mol. The van der Waals surface area contributed by atoms with Gasteiger partial charge >= 0.3 is 12.1 Å². The third kappa shape index (κ3) is 24.8. The second-order valence-corrected chi connectivity index (χ2v) is 8.67. The highest BCUT2D eigenvalue weighted by Crippen LogP contribution is 2.10. The Balaban J connectivity index is 3.34. The Morgan fingerprint density at radius 3 is 1.58 bits per heavy atom. The van der Waals surface area contributed by atoms with Crippen LogP contribution >= 0.6 is 0 Å². The molecule has 0 fully saturated rings. The summed E-state index contributed by atoms with van der Waals surface area (Å²) >= 11 is 0. The molecule has 4 nitrogen and oxygen atoms in total. The topological polar surface area (TPSA) is 52.6 Å². The van der Waals surface area contributed by atoms with Crippen molar-refractivity contribution in [3.63, 3.8) is 0 Å². The van der Waals surface area contributed by atoms with Crippen molar-refractivity contribution in [2.24, 2.45) is 0 Å². The van der Waals surface area contributed by atoms with Crippen molar-refractivity contribution in [2.45, 2.75) is 142 Å². The van der Waals surface area contributed by atoms with Crippen molar-refractivity contribution in [3.05, 3.63) is 12.2 Å². The Kier molecular flexibility index (Phi) is 23.9. The van der Waals surface area contributed by atoms with Gasteiger partial charge in [0.1, 0.15) is 0 Å². The molecule has 0 heterocycles. The van der Waals surface area contributed by atoms with Gasteiger partial charge in [-0.2, -0.15) is 0 Å². The Bertz CT molecular complexity index is 431. The molecule has 0 bridgehead atoms. The van der Waals surface area contributed by atoms with Crippen molar-refractivity contribution < 1.29 is 19.1 Å². The molecule has 4 heteroatoms. The molecule has 0 saturated heterocycles. The van der Waals surface area contributed by atoms with E-state index in [1.807, 2.05) is 0 Å². The van der Waals surface area contributed by atoms with Crippen LogP contribution in [0.1, 0.15) is 142 Å². The molecule has 0 unspecified atom stereocenters. The minimum Gasteiger partial charge on any atom is -0.434 e. The second-order valence-electron chi connectivity index (χ2n) is 8.67. The van der Waals surface area contributed by atoms with Crippen LogP contribution in [-0.2, 0) is 14.3 Å². The lowest BCUT2D eigenvalue weighted by Gasteiger charge is -2.05. The first-order chi connectivity index (χ1) is 15.2. The molecule has 0 radical (unpaired) electrons. The van der Waals surface area contributed by atoms with Gasteiger partial charge < -0.3 is 9.47 Å². The average Bonchev–Trinajstić information content (AvgIpc) is 2.75. The van der Waals surface area contributed by atoms with Crippen molar-refractivity contribution in [1.82, 2.24) is 0 Å². The smallest absolute Gasteiger partial charge is 0.434 e. The number of allylic oxidation sites excluding steroid dienone is 2. The Hall–Kier alpha value is -1.32. The van der Waals surface area contributed by atoms with Crippen molar-refractivity contribution >= 4 is 12.1 Å². The minimum absolute atomic E-state index is 0.296. The van der Waals surface area contributed by atoms with Gasteiger partial charge in [0, 0.05) is 6.42 Å². The van der Waals surface area contributed by atoms with E-state index < -0.39 is 12.1 Å². The quantitative estimate of drug-likeness (QED) is 0.0732. The number of carbonyl (C=O) groups is 2. The highest BCUT2D eigenvalue weighted by molar-refractivity contribution is 5.81. The van der Waals surface area contributed by atoms with Crippen LogP contribution < -0.4 is 0 Å². The Labute approximate surface area is 192 Å². The predicted octanol–water partition coefficient (Wildman–Crippen LogP) is 9.06. The van der Waals surface area contributed by atoms with Crippen LogP contribution in [0.5, 0.6) is 0 Å². The minimum atomic E-state index is -0.841. The SMILES string of the molecule is CCCCCCCCC=CCCCCCCCC(=O)OC(=O)OCCCCCCCC. The summed E-state index contributed by atoms with van der Waals surface area (Å²) < 4.78 is 9.66. The van der Waals surface area contributed by atoms with E-state index in [1.54, 1.807) is 0 Å².